The number of aromatic nitrogens is 1. The number of benzene rings is 1. The molecule has 1 N–H and O–H groups in total. The van der Waals surface area contributed by atoms with Gasteiger partial charge in [-0.25, -0.2) is 0 Å². The first-order valence-corrected chi connectivity index (χ1v) is 7.52. The Balaban J connectivity index is 2.46. The summed E-state index contributed by atoms with van der Waals surface area (Å²) in [5.74, 6) is -0.207. The van der Waals surface area contributed by atoms with Crippen LogP contribution in [0.1, 0.15) is 42.5 Å². The fraction of sp³-hybridized carbons (Fsp3) is 0.375. The van der Waals surface area contributed by atoms with Gasteiger partial charge in [-0.05, 0) is 25.5 Å². The third-order valence-electron chi connectivity index (χ3n) is 3.36. The molecule has 118 valence electrons. The second kappa shape index (κ2) is 6.94. The molecular weight excluding hydrogens is 304 g/mol. The fourth-order valence-corrected chi connectivity index (χ4v) is 2.39. The number of halogens is 1. The van der Waals surface area contributed by atoms with Crippen molar-refractivity contribution in [3.63, 3.8) is 0 Å². The Morgan fingerprint density at radius 1 is 1.41 bits per heavy atom. The summed E-state index contributed by atoms with van der Waals surface area (Å²) in [5, 5.41) is 14.6. The summed E-state index contributed by atoms with van der Waals surface area (Å²) in [6, 6.07) is 7.00. The zero-order valence-electron chi connectivity index (χ0n) is 12.8. The van der Waals surface area contributed by atoms with Crippen molar-refractivity contribution in [2.24, 2.45) is 0 Å². The minimum atomic E-state index is -0.870. The van der Waals surface area contributed by atoms with E-state index in [0.717, 1.165) is 12.0 Å². The van der Waals surface area contributed by atoms with E-state index in [1.54, 1.807) is 43.1 Å². The van der Waals surface area contributed by atoms with E-state index in [0.29, 0.717) is 22.8 Å². The van der Waals surface area contributed by atoms with Gasteiger partial charge in [0.15, 0.2) is 0 Å². The largest absolute Gasteiger partial charge is 0.388 e. The van der Waals surface area contributed by atoms with E-state index in [4.69, 9.17) is 16.1 Å². The Bertz CT molecular complexity index is 650. The van der Waals surface area contributed by atoms with E-state index in [9.17, 15) is 9.90 Å². The molecule has 0 fully saturated rings. The minimum absolute atomic E-state index is 0.0795. The average molecular weight is 323 g/mol. The lowest BCUT2D eigenvalue weighted by atomic mass is 10.0. The molecule has 0 bridgehead atoms. The van der Waals surface area contributed by atoms with Gasteiger partial charge < -0.3 is 14.5 Å². The quantitative estimate of drug-likeness (QED) is 0.914. The summed E-state index contributed by atoms with van der Waals surface area (Å²) in [4.78, 5) is 14.0. The number of carbonyl (C=O) groups is 1. The lowest BCUT2D eigenvalue weighted by Gasteiger charge is -2.15. The maximum absolute atomic E-state index is 12.4. The van der Waals surface area contributed by atoms with Crippen LogP contribution in [-0.2, 0) is 0 Å². The van der Waals surface area contributed by atoms with Crippen LogP contribution in [0.5, 0.6) is 0 Å². The number of hydrogen-bond acceptors (Lipinski definition) is 4. The van der Waals surface area contributed by atoms with Gasteiger partial charge in [0.05, 0.1) is 11.7 Å². The Hall–Kier alpha value is -1.85. The predicted molar refractivity (Wildman–Crippen MR) is 84.8 cm³/mol. The molecule has 1 atom stereocenters. The summed E-state index contributed by atoms with van der Waals surface area (Å²) < 4.78 is 5.24. The van der Waals surface area contributed by atoms with Crippen molar-refractivity contribution in [1.29, 1.82) is 0 Å². The fourth-order valence-electron chi connectivity index (χ4n) is 2.27. The summed E-state index contributed by atoms with van der Waals surface area (Å²) >= 11 is 5.88. The Morgan fingerprint density at radius 2 is 2.05 bits per heavy atom. The Kier molecular flexibility index (Phi) is 5.21. The third kappa shape index (κ3) is 3.31. The van der Waals surface area contributed by atoms with E-state index in [1.807, 2.05) is 6.92 Å². The molecule has 5 nitrogen and oxygen atoms in total. The van der Waals surface area contributed by atoms with Gasteiger partial charge in [0.2, 0.25) is 5.76 Å². The highest BCUT2D eigenvalue weighted by atomic mass is 35.5. The number of nitrogens with zero attached hydrogens (tertiary/aromatic N) is 2. The molecule has 6 heteroatoms. The first kappa shape index (κ1) is 16.5. The van der Waals surface area contributed by atoms with Gasteiger partial charge in [0, 0.05) is 24.2 Å². The molecule has 1 unspecified atom stereocenters. The van der Waals surface area contributed by atoms with Crippen LogP contribution in [0.2, 0.25) is 5.02 Å². The van der Waals surface area contributed by atoms with Gasteiger partial charge in [-0.3, -0.25) is 4.79 Å². The zero-order chi connectivity index (χ0) is 16.3. The van der Waals surface area contributed by atoms with Gasteiger partial charge in [-0.15, -0.1) is 0 Å². The first-order chi connectivity index (χ1) is 10.5. The second-order valence-corrected chi connectivity index (χ2v) is 5.62. The minimum Gasteiger partial charge on any atom is -0.388 e. The van der Waals surface area contributed by atoms with Gasteiger partial charge in [0.1, 0.15) is 5.69 Å². The average Bonchev–Trinajstić information content (AvgIpc) is 2.92. The highest BCUT2D eigenvalue weighted by Gasteiger charge is 2.28. The van der Waals surface area contributed by atoms with Gasteiger partial charge in [0.25, 0.3) is 5.91 Å². The molecule has 0 aliphatic carbocycles. The van der Waals surface area contributed by atoms with Gasteiger partial charge >= 0.3 is 0 Å². The molecule has 1 heterocycles. The van der Waals surface area contributed by atoms with Crippen LogP contribution >= 0.6 is 11.6 Å². The molecule has 0 aliphatic rings. The number of hydrogen-bond donors (Lipinski definition) is 1. The van der Waals surface area contributed by atoms with Crippen molar-refractivity contribution in [3.05, 3.63) is 40.6 Å². The second-order valence-electron chi connectivity index (χ2n) is 5.18. The topological polar surface area (TPSA) is 66.6 Å². The molecule has 0 saturated heterocycles. The molecule has 2 aromatic rings. The van der Waals surface area contributed by atoms with Crippen LogP contribution in [0.25, 0.3) is 11.3 Å². The number of rotatable bonds is 5. The van der Waals surface area contributed by atoms with Crippen molar-refractivity contribution in [2.75, 3.05) is 13.6 Å². The van der Waals surface area contributed by atoms with Crippen LogP contribution in [-0.4, -0.2) is 34.7 Å². The molecule has 1 aromatic heterocycles. The molecule has 0 saturated carbocycles. The molecule has 22 heavy (non-hydrogen) atoms. The number of aliphatic hydroxyl groups excluding tert-OH is 1. The third-order valence-corrected chi connectivity index (χ3v) is 3.62. The lowest BCUT2D eigenvalue weighted by molar-refractivity contribution is 0.0745. The van der Waals surface area contributed by atoms with Crippen LogP contribution in [0.3, 0.4) is 0 Å². The number of amides is 1. The number of aliphatic hydroxyl groups is 1. The molecule has 1 amide bonds. The van der Waals surface area contributed by atoms with Gasteiger partial charge in [-0.1, -0.05) is 35.8 Å². The SMILES string of the molecule is CCCN(C)C(=O)c1onc(-c2ccc(Cl)cc2)c1C(C)O. The van der Waals surface area contributed by atoms with Crippen LogP contribution < -0.4 is 0 Å². The summed E-state index contributed by atoms with van der Waals surface area (Å²) in [6.07, 6.45) is -0.0318. The molecule has 0 aliphatic heterocycles. The van der Waals surface area contributed by atoms with E-state index in [2.05, 4.69) is 5.16 Å². The van der Waals surface area contributed by atoms with E-state index < -0.39 is 6.10 Å². The van der Waals surface area contributed by atoms with E-state index in [-0.39, 0.29) is 11.7 Å². The van der Waals surface area contributed by atoms with Crippen LogP contribution in [0.15, 0.2) is 28.8 Å². The van der Waals surface area contributed by atoms with Crippen molar-refractivity contribution >= 4 is 17.5 Å². The smallest absolute Gasteiger partial charge is 0.292 e. The molecule has 1 aromatic carbocycles. The van der Waals surface area contributed by atoms with Crippen LogP contribution in [0.4, 0.5) is 0 Å². The summed E-state index contributed by atoms with van der Waals surface area (Å²) in [7, 11) is 1.70. The predicted octanol–water partition coefficient (Wildman–Crippen LogP) is 3.53. The molecule has 0 radical (unpaired) electrons. The maximum atomic E-state index is 12.4. The number of carbonyl (C=O) groups excluding carboxylic acids is 1. The highest BCUT2D eigenvalue weighted by molar-refractivity contribution is 6.30. The molecule has 0 spiro atoms. The van der Waals surface area contributed by atoms with Gasteiger partial charge in [-0.2, -0.15) is 0 Å². The van der Waals surface area contributed by atoms with Crippen molar-refractivity contribution in [2.45, 2.75) is 26.4 Å². The van der Waals surface area contributed by atoms with E-state index in [1.165, 1.54) is 0 Å². The molecule has 2 rings (SSSR count). The maximum Gasteiger partial charge on any atom is 0.292 e. The lowest BCUT2D eigenvalue weighted by Crippen LogP contribution is -2.28. The highest BCUT2D eigenvalue weighted by Crippen LogP contribution is 2.31. The standard InChI is InChI=1S/C16H19ClN2O3/c1-4-9-19(3)16(21)15-13(10(2)20)14(18-22-15)11-5-7-12(17)8-6-11/h5-8,10,20H,4,9H2,1-3H3. The Morgan fingerprint density at radius 3 is 2.59 bits per heavy atom. The van der Waals surface area contributed by atoms with E-state index >= 15 is 0 Å². The summed E-state index contributed by atoms with van der Waals surface area (Å²) in [5.41, 5.74) is 1.59. The first-order valence-electron chi connectivity index (χ1n) is 7.14. The summed E-state index contributed by atoms with van der Waals surface area (Å²) in [6.45, 7) is 4.18. The monoisotopic (exact) mass is 322 g/mol. The van der Waals surface area contributed by atoms with Crippen molar-refractivity contribution in [1.82, 2.24) is 10.1 Å². The van der Waals surface area contributed by atoms with Crippen LogP contribution in [0, 0.1) is 0 Å². The van der Waals surface area contributed by atoms with Crippen molar-refractivity contribution in [3.8, 4) is 11.3 Å². The van der Waals surface area contributed by atoms with Crippen molar-refractivity contribution < 1.29 is 14.4 Å². The zero-order valence-corrected chi connectivity index (χ0v) is 13.6. The molecular formula is C16H19ClN2O3. The normalized spacial score (nSPS) is 12.2. The Labute approximate surface area is 134 Å².